The number of carbonyl (C=O) groups excluding carboxylic acids is 2. The van der Waals surface area contributed by atoms with E-state index in [9.17, 15) is 9.59 Å². The van der Waals surface area contributed by atoms with Crippen molar-refractivity contribution < 1.29 is 14.3 Å². The van der Waals surface area contributed by atoms with Crippen LogP contribution in [-0.4, -0.2) is 67.0 Å². The molecule has 6 nitrogen and oxygen atoms in total. The van der Waals surface area contributed by atoms with Gasteiger partial charge in [-0.3, -0.25) is 19.4 Å². The molecule has 0 radical (unpaired) electrons. The van der Waals surface area contributed by atoms with Crippen molar-refractivity contribution in [1.82, 2.24) is 9.80 Å². The summed E-state index contributed by atoms with van der Waals surface area (Å²) in [6, 6.07) is 8.01. The molecule has 2 saturated heterocycles. The molecule has 3 fully saturated rings. The molecule has 3 aliphatic rings. The minimum absolute atomic E-state index is 0.0186. The molecule has 0 aromatic heterocycles. The van der Waals surface area contributed by atoms with Crippen LogP contribution in [0.4, 0.5) is 5.69 Å². The number of likely N-dealkylation sites (tertiary alicyclic amines) is 1. The summed E-state index contributed by atoms with van der Waals surface area (Å²) in [5.41, 5.74) is 1.17. The number of ether oxygens (including phenoxy) is 1. The Morgan fingerprint density at radius 3 is 2.25 bits per heavy atom. The van der Waals surface area contributed by atoms with Crippen LogP contribution in [0, 0.1) is 0 Å². The lowest BCUT2D eigenvalue weighted by Gasteiger charge is -2.38. The monoisotopic (exact) mass is 329 g/mol. The van der Waals surface area contributed by atoms with E-state index in [4.69, 9.17) is 4.74 Å². The standard InChI is InChI=1S/C18H23N3O3/c1-24-15-6-4-13(5-7-15)19-8-10-20(11-9-19)16-12-17(22)21(18(16)23)14-2-3-14/h4-7,14,16H,2-3,8-12H2,1H3/t16-/m1/s1. The van der Waals surface area contributed by atoms with Gasteiger partial charge in [-0.05, 0) is 37.1 Å². The molecule has 4 rings (SSSR count). The molecule has 128 valence electrons. The molecule has 0 unspecified atom stereocenters. The van der Waals surface area contributed by atoms with Crippen LogP contribution in [0.25, 0.3) is 0 Å². The molecule has 6 heteroatoms. The van der Waals surface area contributed by atoms with Gasteiger partial charge in [-0.1, -0.05) is 0 Å². The van der Waals surface area contributed by atoms with Gasteiger partial charge in [0, 0.05) is 37.9 Å². The normalized spacial score (nSPS) is 25.5. The SMILES string of the molecule is COc1ccc(N2CCN([C@@H]3CC(=O)N(C4CC4)C3=O)CC2)cc1. The minimum Gasteiger partial charge on any atom is -0.497 e. The predicted molar refractivity (Wildman–Crippen MR) is 90.1 cm³/mol. The third-order valence-electron chi connectivity index (χ3n) is 5.26. The fourth-order valence-corrected chi connectivity index (χ4v) is 3.72. The summed E-state index contributed by atoms with van der Waals surface area (Å²) in [5.74, 6) is 0.901. The topological polar surface area (TPSA) is 53.1 Å². The molecule has 1 atom stereocenters. The Hall–Kier alpha value is -2.08. The zero-order valence-corrected chi connectivity index (χ0v) is 14.0. The van der Waals surface area contributed by atoms with Crippen LogP contribution >= 0.6 is 0 Å². The van der Waals surface area contributed by atoms with Crippen molar-refractivity contribution >= 4 is 17.5 Å². The largest absolute Gasteiger partial charge is 0.497 e. The summed E-state index contributed by atoms with van der Waals surface area (Å²) in [6.45, 7) is 3.36. The maximum atomic E-state index is 12.6. The zero-order chi connectivity index (χ0) is 16.7. The zero-order valence-electron chi connectivity index (χ0n) is 14.0. The first-order chi connectivity index (χ1) is 11.7. The number of benzene rings is 1. The van der Waals surface area contributed by atoms with Crippen LogP contribution < -0.4 is 9.64 Å². The summed E-state index contributed by atoms with van der Waals surface area (Å²) in [6.07, 6.45) is 2.32. The highest BCUT2D eigenvalue weighted by atomic mass is 16.5. The summed E-state index contributed by atoms with van der Waals surface area (Å²) in [4.78, 5) is 30.7. The van der Waals surface area contributed by atoms with Crippen molar-refractivity contribution in [2.75, 3.05) is 38.2 Å². The van der Waals surface area contributed by atoms with Crippen molar-refractivity contribution in [3.8, 4) is 5.75 Å². The van der Waals surface area contributed by atoms with Gasteiger partial charge >= 0.3 is 0 Å². The van der Waals surface area contributed by atoms with Crippen molar-refractivity contribution in [2.24, 2.45) is 0 Å². The summed E-state index contributed by atoms with van der Waals surface area (Å²) in [5, 5.41) is 0. The number of rotatable bonds is 4. The lowest BCUT2D eigenvalue weighted by Crippen LogP contribution is -2.52. The van der Waals surface area contributed by atoms with E-state index in [1.54, 1.807) is 7.11 Å². The highest BCUT2D eigenvalue weighted by Crippen LogP contribution is 2.33. The van der Waals surface area contributed by atoms with Gasteiger partial charge in [0.1, 0.15) is 5.75 Å². The summed E-state index contributed by atoms with van der Waals surface area (Å²) in [7, 11) is 1.67. The molecular weight excluding hydrogens is 306 g/mol. The second-order valence-corrected chi connectivity index (χ2v) is 6.77. The number of piperazine rings is 1. The third kappa shape index (κ3) is 2.75. The van der Waals surface area contributed by atoms with Crippen LogP contribution in [0.15, 0.2) is 24.3 Å². The van der Waals surface area contributed by atoms with E-state index in [-0.39, 0.29) is 23.9 Å². The Labute approximate surface area is 142 Å². The van der Waals surface area contributed by atoms with Crippen LogP contribution in [0.1, 0.15) is 19.3 Å². The lowest BCUT2D eigenvalue weighted by atomic mass is 10.1. The van der Waals surface area contributed by atoms with Gasteiger partial charge in [0.05, 0.1) is 19.6 Å². The van der Waals surface area contributed by atoms with Gasteiger partial charge in [-0.25, -0.2) is 0 Å². The average molecular weight is 329 g/mol. The van der Waals surface area contributed by atoms with Gasteiger partial charge in [-0.15, -0.1) is 0 Å². The predicted octanol–water partition coefficient (Wildman–Crippen LogP) is 1.11. The Morgan fingerprint density at radius 2 is 1.67 bits per heavy atom. The molecule has 2 aliphatic heterocycles. The van der Waals surface area contributed by atoms with Crippen LogP contribution in [0.2, 0.25) is 0 Å². The highest BCUT2D eigenvalue weighted by molar-refractivity contribution is 6.06. The van der Waals surface area contributed by atoms with Crippen molar-refractivity contribution in [3.05, 3.63) is 24.3 Å². The van der Waals surface area contributed by atoms with Gasteiger partial charge in [0.15, 0.2) is 0 Å². The molecule has 1 aromatic rings. The van der Waals surface area contributed by atoms with Crippen LogP contribution in [0.5, 0.6) is 5.75 Å². The average Bonchev–Trinajstić information content (AvgIpc) is 3.40. The van der Waals surface area contributed by atoms with Gasteiger partial charge in [0.25, 0.3) is 0 Å². The fourth-order valence-electron chi connectivity index (χ4n) is 3.72. The van der Waals surface area contributed by atoms with E-state index in [1.807, 2.05) is 12.1 Å². The van der Waals surface area contributed by atoms with E-state index < -0.39 is 0 Å². The number of carbonyl (C=O) groups is 2. The van der Waals surface area contributed by atoms with Crippen molar-refractivity contribution in [3.63, 3.8) is 0 Å². The molecule has 1 aromatic carbocycles. The van der Waals surface area contributed by atoms with E-state index in [0.29, 0.717) is 6.42 Å². The van der Waals surface area contributed by atoms with E-state index in [1.165, 1.54) is 10.6 Å². The lowest BCUT2D eigenvalue weighted by molar-refractivity contribution is -0.140. The molecule has 24 heavy (non-hydrogen) atoms. The van der Waals surface area contributed by atoms with Gasteiger partial charge in [-0.2, -0.15) is 0 Å². The fraction of sp³-hybridized carbons (Fsp3) is 0.556. The van der Waals surface area contributed by atoms with E-state index in [2.05, 4.69) is 21.9 Å². The van der Waals surface area contributed by atoms with Crippen molar-refractivity contribution in [2.45, 2.75) is 31.3 Å². The molecule has 0 bridgehead atoms. The first-order valence-corrected chi connectivity index (χ1v) is 8.66. The second-order valence-electron chi connectivity index (χ2n) is 6.77. The third-order valence-corrected chi connectivity index (χ3v) is 5.26. The Morgan fingerprint density at radius 1 is 1.00 bits per heavy atom. The van der Waals surface area contributed by atoms with Gasteiger partial charge in [0.2, 0.25) is 11.8 Å². The molecular formula is C18H23N3O3. The number of hydrogen-bond acceptors (Lipinski definition) is 5. The number of hydrogen-bond donors (Lipinski definition) is 0. The van der Waals surface area contributed by atoms with Crippen molar-refractivity contribution in [1.29, 1.82) is 0 Å². The molecule has 1 saturated carbocycles. The number of nitrogens with zero attached hydrogens (tertiary/aromatic N) is 3. The number of methoxy groups -OCH3 is 1. The smallest absolute Gasteiger partial charge is 0.247 e. The van der Waals surface area contributed by atoms with E-state index >= 15 is 0 Å². The Kier molecular flexibility index (Phi) is 3.92. The number of amides is 2. The molecule has 0 spiro atoms. The number of anilines is 1. The first kappa shape index (κ1) is 15.4. The van der Waals surface area contributed by atoms with E-state index in [0.717, 1.165) is 44.8 Å². The minimum atomic E-state index is -0.240. The van der Waals surface area contributed by atoms with Crippen LogP contribution in [0.3, 0.4) is 0 Å². The Balaban J connectivity index is 1.37. The quantitative estimate of drug-likeness (QED) is 0.775. The molecule has 2 heterocycles. The summed E-state index contributed by atoms with van der Waals surface area (Å²) >= 11 is 0. The van der Waals surface area contributed by atoms with Gasteiger partial charge < -0.3 is 9.64 Å². The summed E-state index contributed by atoms with van der Waals surface area (Å²) < 4.78 is 5.20. The molecule has 1 aliphatic carbocycles. The maximum Gasteiger partial charge on any atom is 0.247 e. The second kappa shape index (κ2) is 6.09. The van der Waals surface area contributed by atoms with Crippen LogP contribution in [-0.2, 0) is 9.59 Å². The highest BCUT2D eigenvalue weighted by Gasteiger charge is 2.48. The Bertz CT molecular complexity index is 633. The maximum absolute atomic E-state index is 12.6. The first-order valence-electron chi connectivity index (χ1n) is 8.66. The molecule has 2 amide bonds. The number of imide groups is 1. The molecule has 0 N–H and O–H groups in total.